The van der Waals surface area contributed by atoms with Gasteiger partial charge in [0.15, 0.2) is 0 Å². The van der Waals surface area contributed by atoms with Crippen LogP contribution in [0.1, 0.15) is 34.6 Å². The van der Waals surface area contributed by atoms with E-state index in [2.05, 4.69) is 20.6 Å². The summed E-state index contributed by atoms with van der Waals surface area (Å²) in [7, 11) is 0. The topological polar surface area (TPSA) is 90.7 Å². The van der Waals surface area contributed by atoms with E-state index in [1.54, 1.807) is 36.7 Å². The maximum Gasteiger partial charge on any atom is 0.255 e. The molecule has 3 aromatic rings. The van der Waals surface area contributed by atoms with Crippen LogP contribution in [0.3, 0.4) is 0 Å². The van der Waals surface area contributed by atoms with Gasteiger partial charge in [0.2, 0.25) is 0 Å². The lowest BCUT2D eigenvalue weighted by Gasteiger charge is -2.15. The molecule has 0 radical (unpaired) electrons. The fraction of sp³-hybridized carbons (Fsp3) is 0.100. The fourth-order valence-corrected chi connectivity index (χ4v) is 2.44. The molecule has 3 rings (SSSR count). The minimum Gasteiger partial charge on any atom is -0.364 e. The fourth-order valence-electron chi connectivity index (χ4n) is 2.44. The third kappa shape index (κ3) is 4.22. The maximum absolute atomic E-state index is 12.1. The standard InChI is InChI=1S/C20H17N5O/c1-14(23-19-4-2-3-18(13-21)24-19)15-5-7-17(8-6-15)25-20(26)16-9-11-22-12-10-16/h2-12,14H,1H3,(H,23,24)(H,25,26). The molecule has 6 heteroatoms. The molecule has 2 N–H and O–H groups in total. The smallest absolute Gasteiger partial charge is 0.255 e. The number of nitrogens with one attached hydrogen (secondary N) is 2. The first-order valence-corrected chi connectivity index (χ1v) is 8.11. The lowest BCUT2D eigenvalue weighted by molar-refractivity contribution is 0.102. The van der Waals surface area contributed by atoms with Gasteiger partial charge in [-0.3, -0.25) is 9.78 Å². The van der Waals surface area contributed by atoms with Crippen LogP contribution >= 0.6 is 0 Å². The van der Waals surface area contributed by atoms with Gasteiger partial charge in [-0.05, 0) is 48.9 Å². The highest BCUT2D eigenvalue weighted by atomic mass is 16.1. The van der Waals surface area contributed by atoms with Gasteiger partial charge in [-0.25, -0.2) is 4.98 Å². The van der Waals surface area contributed by atoms with Crippen molar-refractivity contribution in [1.82, 2.24) is 9.97 Å². The van der Waals surface area contributed by atoms with Crippen LogP contribution in [-0.4, -0.2) is 15.9 Å². The van der Waals surface area contributed by atoms with Crippen molar-refractivity contribution in [2.24, 2.45) is 0 Å². The number of nitriles is 1. The summed E-state index contributed by atoms with van der Waals surface area (Å²) in [6.45, 7) is 2.01. The van der Waals surface area contributed by atoms with E-state index in [1.165, 1.54) is 0 Å². The molecule has 2 aromatic heterocycles. The summed E-state index contributed by atoms with van der Waals surface area (Å²) in [6, 6.07) is 18.2. The molecule has 1 atom stereocenters. The van der Waals surface area contributed by atoms with Gasteiger partial charge in [-0.15, -0.1) is 0 Å². The van der Waals surface area contributed by atoms with Crippen LogP contribution in [0, 0.1) is 11.3 Å². The predicted molar refractivity (Wildman–Crippen MR) is 99.6 cm³/mol. The van der Waals surface area contributed by atoms with Crippen LogP contribution in [0.25, 0.3) is 0 Å². The molecule has 26 heavy (non-hydrogen) atoms. The van der Waals surface area contributed by atoms with Gasteiger partial charge in [0, 0.05) is 29.7 Å². The molecule has 0 aliphatic rings. The summed E-state index contributed by atoms with van der Waals surface area (Å²) >= 11 is 0. The molecule has 2 heterocycles. The highest BCUT2D eigenvalue weighted by Gasteiger charge is 2.09. The van der Waals surface area contributed by atoms with Crippen molar-refractivity contribution in [2.45, 2.75) is 13.0 Å². The summed E-state index contributed by atoms with van der Waals surface area (Å²) in [5, 5.41) is 15.0. The monoisotopic (exact) mass is 343 g/mol. The van der Waals surface area contributed by atoms with Crippen molar-refractivity contribution in [2.75, 3.05) is 10.6 Å². The molecule has 0 fully saturated rings. The number of benzene rings is 1. The molecule has 1 amide bonds. The lowest BCUT2D eigenvalue weighted by atomic mass is 10.1. The van der Waals surface area contributed by atoms with E-state index in [-0.39, 0.29) is 11.9 Å². The van der Waals surface area contributed by atoms with Crippen LogP contribution in [0.4, 0.5) is 11.5 Å². The van der Waals surface area contributed by atoms with E-state index in [4.69, 9.17) is 5.26 Å². The summed E-state index contributed by atoms with van der Waals surface area (Å²) in [5.74, 6) is 0.468. The Morgan fingerprint density at radius 1 is 1.08 bits per heavy atom. The van der Waals surface area contributed by atoms with Gasteiger partial charge in [0.1, 0.15) is 17.6 Å². The number of hydrogen-bond donors (Lipinski definition) is 2. The molecule has 0 aliphatic carbocycles. The average Bonchev–Trinajstić information content (AvgIpc) is 2.69. The Kier molecular flexibility index (Phi) is 5.20. The molecule has 1 unspecified atom stereocenters. The zero-order valence-electron chi connectivity index (χ0n) is 14.2. The van der Waals surface area contributed by atoms with Crippen LogP contribution in [0.15, 0.2) is 67.0 Å². The van der Waals surface area contributed by atoms with Gasteiger partial charge in [-0.2, -0.15) is 5.26 Å². The number of carbonyl (C=O) groups is 1. The molecule has 0 aliphatic heterocycles. The SMILES string of the molecule is CC(Nc1cccc(C#N)n1)c1ccc(NC(=O)c2ccncc2)cc1. The summed E-state index contributed by atoms with van der Waals surface area (Å²) in [6.07, 6.45) is 3.17. The lowest BCUT2D eigenvalue weighted by Crippen LogP contribution is -2.12. The summed E-state index contributed by atoms with van der Waals surface area (Å²) < 4.78 is 0. The van der Waals surface area contributed by atoms with E-state index in [1.807, 2.05) is 43.3 Å². The molecular weight excluding hydrogens is 326 g/mol. The summed E-state index contributed by atoms with van der Waals surface area (Å²) in [4.78, 5) is 20.3. The van der Waals surface area contributed by atoms with E-state index in [0.29, 0.717) is 22.8 Å². The average molecular weight is 343 g/mol. The quantitative estimate of drug-likeness (QED) is 0.736. The minimum absolute atomic E-state index is 0.00129. The Morgan fingerprint density at radius 2 is 1.81 bits per heavy atom. The van der Waals surface area contributed by atoms with E-state index >= 15 is 0 Å². The van der Waals surface area contributed by atoms with Crippen molar-refractivity contribution in [3.05, 3.63) is 83.8 Å². The molecule has 6 nitrogen and oxygen atoms in total. The molecule has 128 valence electrons. The van der Waals surface area contributed by atoms with Crippen LogP contribution < -0.4 is 10.6 Å². The van der Waals surface area contributed by atoms with Crippen molar-refractivity contribution in [3.63, 3.8) is 0 Å². The molecule has 0 bridgehead atoms. The Balaban J connectivity index is 1.65. The van der Waals surface area contributed by atoms with Crippen molar-refractivity contribution in [1.29, 1.82) is 5.26 Å². The van der Waals surface area contributed by atoms with Crippen LogP contribution in [-0.2, 0) is 0 Å². The first kappa shape index (κ1) is 17.1. The maximum atomic E-state index is 12.1. The number of aromatic nitrogens is 2. The second kappa shape index (κ2) is 7.90. The van der Waals surface area contributed by atoms with Gasteiger partial charge in [-0.1, -0.05) is 18.2 Å². The zero-order valence-corrected chi connectivity index (χ0v) is 14.2. The predicted octanol–water partition coefficient (Wildman–Crippen LogP) is 3.77. The number of amides is 1. The highest BCUT2D eigenvalue weighted by Crippen LogP contribution is 2.20. The number of nitrogens with zero attached hydrogens (tertiary/aromatic N) is 3. The largest absolute Gasteiger partial charge is 0.364 e. The molecular formula is C20H17N5O. The number of rotatable bonds is 5. The van der Waals surface area contributed by atoms with E-state index in [0.717, 1.165) is 5.56 Å². The molecule has 0 saturated heterocycles. The van der Waals surface area contributed by atoms with Crippen LogP contribution in [0.5, 0.6) is 0 Å². The Labute approximate surface area is 151 Å². The van der Waals surface area contributed by atoms with Crippen LogP contribution in [0.2, 0.25) is 0 Å². The second-order valence-corrected chi connectivity index (χ2v) is 5.70. The van der Waals surface area contributed by atoms with Crippen molar-refractivity contribution >= 4 is 17.4 Å². The van der Waals surface area contributed by atoms with Crippen molar-refractivity contribution < 1.29 is 4.79 Å². The number of pyridine rings is 2. The van der Waals surface area contributed by atoms with E-state index in [9.17, 15) is 4.79 Å². The third-order valence-electron chi connectivity index (χ3n) is 3.84. The molecule has 1 aromatic carbocycles. The second-order valence-electron chi connectivity index (χ2n) is 5.70. The zero-order chi connectivity index (χ0) is 18.4. The van der Waals surface area contributed by atoms with E-state index < -0.39 is 0 Å². The van der Waals surface area contributed by atoms with Crippen molar-refractivity contribution in [3.8, 4) is 6.07 Å². The van der Waals surface area contributed by atoms with Gasteiger partial charge < -0.3 is 10.6 Å². The number of hydrogen-bond acceptors (Lipinski definition) is 5. The Bertz CT molecular complexity index is 932. The number of carbonyl (C=O) groups excluding carboxylic acids is 1. The van der Waals surface area contributed by atoms with Gasteiger partial charge in [0.05, 0.1) is 0 Å². The Morgan fingerprint density at radius 3 is 2.50 bits per heavy atom. The first-order valence-electron chi connectivity index (χ1n) is 8.11. The van der Waals surface area contributed by atoms with Gasteiger partial charge >= 0.3 is 0 Å². The summed E-state index contributed by atoms with van der Waals surface area (Å²) in [5.41, 5.74) is 2.68. The third-order valence-corrected chi connectivity index (χ3v) is 3.84. The number of anilines is 2. The molecule has 0 spiro atoms. The first-order chi connectivity index (χ1) is 12.7. The molecule has 0 saturated carbocycles. The minimum atomic E-state index is -0.177. The normalized spacial score (nSPS) is 11.2. The highest BCUT2D eigenvalue weighted by molar-refractivity contribution is 6.04. The van der Waals surface area contributed by atoms with Gasteiger partial charge in [0.25, 0.3) is 5.91 Å². The Hall–Kier alpha value is -3.72.